The lowest BCUT2D eigenvalue weighted by molar-refractivity contribution is 0.461. The van der Waals surface area contributed by atoms with Crippen LogP contribution in [0.4, 0.5) is 5.69 Å². The van der Waals surface area contributed by atoms with Crippen LogP contribution in [0.3, 0.4) is 0 Å². The van der Waals surface area contributed by atoms with Crippen LogP contribution in [0.2, 0.25) is 0 Å². The number of hydrogen-bond acceptors (Lipinski definition) is 3. The maximum absolute atomic E-state index is 3.95. The number of nitrogens with zero attached hydrogens (tertiary/aromatic N) is 1. The number of hydrogen-bond donors (Lipinski definition) is 2. The van der Waals surface area contributed by atoms with Crippen molar-refractivity contribution in [1.29, 1.82) is 0 Å². The van der Waals surface area contributed by atoms with Crippen LogP contribution in [-0.2, 0) is 13.0 Å². The van der Waals surface area contributed by atoms with Gasteiger partial charge in [-0.15, -0.1) is 6.58 Å². The Labute approximate surface area is 135 Å². The van der Waals surface area contributed by atoms with E-state index in [1.165, 1.54) is 23.2 Å². The van der Waals surface area contributed by atoms with Gasteiger partial charge < -0.3 is 15.5 Å². The number of anilines is 1. The maximum Gasteiger partial charge on any atom is 0.0402 e. The van der Waals surface area contributed by atoms with Crippen molar-refractivity contribution in [2.45, 2.75) is 39.3 Å². The number of nitrogens with one attached hydrogen (secondary N) is 2. The molecule has 1 aliphatic heterocycles. The van der Waals surface area contributed by atoms with E-state index in [0.717, 1.165) is 32.6 Å². The highest BCUT2D eigenvalue weighted by molar-refractivity contribution is 5.58. The molecule has 22 heavy (non-hydrogen) atoms. The Morgan fingerprint density at radius 2 is 2.32 bits per heavy atom. The van der Waals surface area contributed by atoms with Crippen molar-refractivity contribution < 1.29 is 0 Å². The highest BCUT2D eigenvalue weighted by atomic mass is 15.1. The van der Waals surface area contributed by atoms with Crippen molar-refractivity contribution >= 4 is 5.69 Å². The fourth-order valence-electron chi connectivity index (χ4n) is 3.28. The molecule has 2 unspecified atom stereocenters. The third kappa shape index (κ3) is 4.11. The molecule has 0 radical (unpaired) electrons. The minimum Gasteiger partial charge on any atom is -0.371 e. The average Bonchev–Trinajstić information content (AvgIpc) is 2.54. The van der Waals surface area contributed by atoms with Gasteiger partial charge >= 0.3 is 0 Å². The summed E-state index contributed by atoms with van der Waals surface area (Å²) in [7, 11) is 2.03. The van der Waals surface area contributed by atoms with E-state index in [0.29, 0.717) is 12.0 Å². The lowest BCUT2D eigenvalue weighted by Crippen LogP contribution is -2.43. The minimum absolute atomic E-state index is 0.511. The van der Waals surface area contributed by atoms with E-state index in [-0.39, 0.29) is 0 Å². The molecule has 0 aliphatic carbocycles. The number of likely N-dealkylation sites (N-methyl/N-ethyl adjacent to an activating group) is 1. The first-order valence-electron chi connectivity index (χ1n) is 8.55. The van der Waals surface area contributed by atoms with E-state index < -0.39 is 0 Å². The van der Waals surface area contributed by atoms with Crippen molar-refractivity contribution in [3.05, 3.63) is 42.0 Å². The third-order valence-electron chi connectivity index (χ3n) is 4.48. The predicted molar refractivity (Wildman–Crippen MR) is 96.6 cm³/mol. The van der Waals surface area contributed by atoms with Crippen LogP contribution >= 0.6 is 0 Å². The molecule has 3 heteroatoms. The van der Waals surface area contributed by atoms with Gasteiger partial charge in [0.15, 0.2) is 0 Å². The lowest BCUT2D eigenvalue weighted by atomic mass is 9.93. The van der Waals surface area contributed by atoms with E-state index in [1.54, 1.807) is 0 Å². The summed E-state index contributed by atoms with van der Waals surface area (Å²) in [5.74, 6) is 0.511. The fraction of sp³-hybridized carbons (Fsp3) is 0.579. The third-order valence-corrected chi connectivity index (χ3v) is 4.48. The largest absolute Gasteiger partial charge is 0.371 e. The topological polar surface area (TPSA) is 27.3 Å². The van der Waals surface area contributed by atoms with E-state index in [1.807, 2.05) is 7.05 Å². The van der Waals surface area contributed by atoms with Gasteiger partial charge in [0, 0.05) is 37.9 Å². The van der Waals surface area contributed by atoms with E-state index in [4.69, 9.17) is 0 Å². The van der Waals surface area contributed by atoms with Gasteiger partial charge in [0.1, 0.15) is 0 Å². The molecule has 0 spiro atoms. The molecule has 0 saturated heterocycles. The fourth-order valence-corrected chi connectivity index (χ4v) is 3.28. The monoisotopic (exact) mass is 301 g/mol. The smallest absolute Gasteiger partial charge is 0.0402 e. The second-order valence-electron chi connectivity index (χ2n) is 6.41. The molecular formula is C19H31N3. The molecule has 0 saturated carbocycles. The summed E-state index contributed by atoms with van der Waals surface area (Å²) in [6.07, 6.45) is 4.34. The Balaban J connectivity index is 2.27. The highest BCUT2D eigenvalue weighted by Crippen LogP contribution is 2.29. The zero-order valence-electron chi connectivity index (χ0n) is 14.4. The quantitative estimate of drug-likeness (QED) is 0.723. The van der Waals surface area contributed by atoms with Gasteiger partial charge in [-0.25, -0.2) is 0 Å². The molecule has 2 rings (SSSR count). The Morgan fingerprint density at radius 1 is 1.50 bits per heavy atom. The Morgan fingerprint density at radius 3 is 3.00 bits per heavy atom. The van der Waals surface area contributed by atoms with Crippen LogP contribution < -0.4 is 15.5 Å². The molecule has 122 valence electrons. The van der Waals surface area contributed by atoms with Crippen LogP contribution in [0.5, 0.6) is 0 Å². The van der Waals surface area contributed by atoms with E-state index in [2.05, 4.69) is 60.2 Å². The standard InChI is InChI=1S/C19H31N3/c1-5-10-22(14-15(3)6-2)19-9-7-8-16-12-21-17(13-20-4)11-18(16)19/h6-9,15,17,20-21H,2,5,10-14H2,1,3-4H3. The molecule has 0 amide bonds. The summed E-state index contributed by atoms with van der Waals surface area (Å²) in [6.45, 7) is 12.6. The summed E-state index contributed by atoms with van der Waals surface area (Å²) in [4.78, 5) is 2.55. The molecule has 1 heterocycles. The number of fused-ring (bicyclic) bond motifs is 1. The molecule has 0 bridgehead atoms. The van der Waals surface area contributed by atoms with Crippen molar-refractivity contribution in [2.75, 3.05) is 31.6 Å². The van der Waals surface area contributed by atoms with Crippen molar-refractivity contribution in [1.82, 2.24) is 10.6 Å². The molecule has 3 nitrogen and oxygen atoms in total. The maximum atomic E-state index is 3.95. The van der Waals surface area contributed by atoms with Gasteiger partial charge in [0.25, 0.3) is 0 Å². The highest BCUT2D eigenvalue weighted by Gasteiger charge is 2.22. The van der Waals surface area contributed by atoms with E-state index in [9.17, 15) is 0 Å². The Hall–Kier alpha value is -1.32. The van der Waals surface area contributed by atoms with Gasteiger partial charge in [-0.2, -0.15) is 0 Å². The van der Waals surface area contributed by atoms with Crippen LogP contribution in [0.25, 0.3) is 0 Å². The SMILES string of the molecule is C=CC(C)CN(CCC)c1cccc2c1CC(CNC)NC2. The van der Waals surface area contributed by atoms with Crippen LogP contribution in [-0.4, -0.2) is 32.7 Å². The van der Waals surface area contributed by atoms with Crippen molar-refractivity contribution in [3.63, 3.8) is 0 Å². The van der Waals surface area contributed by atoms with E-state index >= 15 is 0 Å². The molecule has 2 N–H and O–H groups in total. The molecule has 1 aliphatic rings. The van der Waals surface area contributed by atoms with Crippen molar-refractivity contribution in [2.24, 2.45) is 5.92 Å². The summed E-state index contributed by atoms with van der Waals surface area (Å²) in [5, 5.41) is 6.92. The predicted octanol–water partition coefficient (Wildman–Crippen LogP) is 2.96. The lowest BCUT2D eigenvalue weighted by Gasteiger charge is -2.33. The van der Waals surface area contributed by atoms with Crippen LogP contribution in [0.15, 0.2) is 30.9 Å². The summed E-state index contributed by atoms with van der Waals surface area (Å²) >= 11 is 0. The van der Waals surface area contributed by atoms with Gasteiger partial charge in [-0.1, -0.05) is 32.1 Å². The second kappa shape index (κ2) is 8.35. The van der Waals surface area contributed by atoms with Gasteiger partial charge in [0.2, 0.25) is 0 Å². The summed E-state index contributed by atoms with van der Waals surface area (Å²) < 4.78 is 0. The normalized spacial score (nSPS) is 18.6. The average molecular weight is 301 g/mol. The Bertz CT molecular complexity index is 484. The first kappa shape index (κ1) is 17.0. The van der Waals surface area contributed by atoms with Gasteiger partial charge in [0.05, 0.1) is 0 Å². The van der Waals surface area contributed by atoms with Crippen LogP contribution in [0.1, 0.15) is 31.4 Å². The van der Waals surface area contributed by atoms with Gasteiger partial charge in [-0.3, -0.25) is 0 Å². The molecule has 2 atom stereocenters. The molecule has 1 aromatic rings. The van der Waals surface area contributed by atoms with Crippen LogP contribution in [0, 0.1) is 5.92 Å². The zero-order valence-corrected chi connectivity index (χ0v) is 14.4. The summed E-state index contributed by atoms with van der Waals surface area (Å²) in [6, 6.07) is 7.29. The van der Waals surface area contributed by atoms with Crippen molar-refractivity contribution in [3.8, 4) is 0 Å². The minimum atomic E-state index is 0.511. The molecule has 0 fully saturated rings. The molecular weight excluding hydrogens is 270 g/mol. The Kier molecular flexibility index (Phi) is 6.47. The first-order valence-corrected chi connectivity index (χ1v) is 8.55. The van der Waals surface area contributed by atoms with Gasteiger partial charge in [-0.05, 0) is 43.0 Å². The molecule has 1 aromatic carbocycles. The number of rotatable bonds is 8. The zero-order chi connectivity index (χ0) is 15.9. The molecule has 0 aromatic heterocycles. The first-order chi connectivity index (χ1) is 10.7. The number of benzene rings is 1. The summed E-state index contributed by atoms with van der Waals surface area (Å²) in [5.41, 5.74) is 4.42. The second-order valence-corrected chi connectivity index (χ2v) is 6.41.